The molecular formula is C14H10BrClN4O3S. The summed E-state index contributed by atoms with van der Waals surface area (Å²) in [5.74, 6) is -0.0515. The molecule has 24 heavy (non-hydrogen) atoms. The summed E-state index contributed by atoms with van der Waals surface area (Å²) in [7, 11) is 0. The fraction of sp³-hybridized carbons (Fsp3) is 0. The Bertz CT molecular complexity index is 863. The van der Waals surface area contributed by atoms with Crippen LogP contribution in [0.25, 0.3) is 11.3 Å². The molecule has 124 valence electrons. The van der Waals surface area contributed by atoms with Crippen molar-refractivity contribution in [2.24, 2.45) is 5.10 Å². The SMILES string of the molecule is Br.O=[N+]([O-])c1ccc(C=NNc2nc(-c3ccc(Cl)cc3)cs2)o1. The van der Waals surface area contributed by atoms with E-state index >= 15 is 0 Å². The average Bonchev–Trinajstić information content (AvgIpc) is 3.18. The highest BCUT2D eigenvalue weighted by Crippen LogP contribution is 2.26. The number of anilines is 1. The van der Waals surface area contributed by atoms with Crippen LogP contribution in [0.15, 0.2) is 51.3 Å². The Morgan fingerprint density at radius 3 is 2.71 bits per heavy atom. The number of benzene rings is 1. The number of nitrogens with zero attached hydrogens (tertiary/aromatic N) is 3. The molecule has 10 heteroatoms. The molecule has 0 saturated carbocycles. The molecule has 0 unspecified atom stereocenters. The first kappa shape index (κ1) is 18.1. The molecule has 1 N–H and O–H groups in total. The van der Waals surface area contributed by atoms with Crippen LogP contribution in [0.1, 0.15) is 5.76 Å². The molecule has 0 spiro atoms. The maximum absolute atomic E-state index is 10.5. The Morgan fingerprint density at radius 1 is 1.29 bits per heavy atom. The van der Waals surface area contributed by atoms with E-state index in [1.54, 1.807) is 12.1 Å². The van der Waals surface area contributed by atoms with Crippen molar-refractivity contribution < 1.29 is 9.34 Å². The summed E-state index contributed by atoms with van der Waals surface area (Å²) in [6.07, 6.45) is 1.34. The van der Waals surface area contributed by atoms with Gasteiger partial charge in [0.25, 0.3) is 0 Å². The monoisotopic (exact) mass is 428 g/mol. The highest BCUT2D eigenvalue weighted by atomic mass is 79.9. The number of nitro groups is 1. The number of aromatic nitrogens is 1. The van der Waals surface area contributed by atoms with Crippen molar-refractivity contribution in [1.82, 2.24) is 4.98 Å². The van der Waals surface area contributed by atoms with Crippen molar-refractivity contribution >= 4 is 57.1 Å². The van der Waals surface area contributed by atoms with Crippen LogP contribution in [0.4, 0.5) is 11.0 Å². The first-order valence-electron chi connectivity index (χ1n) is 6.36. The molecule has 2 aromatic heterocycles. The van der Waals surface area contributed by atoms with Crippen molar-refractivity contribution in [3.63, 3.8) is 0 Å². The maximum atomic E-state index is 10.5. The van der Waals surface area contributed by atoms with E-state index in [0.29, 0.717) is 10.2 Å². The standard InChI is InChI=1S/C14H9ClN4O3S.BrH/c15-10-3-1-9(2-4-10)12-8-23-14(17-12)18-16-7-11-5-6-13(22-11)19(20)21;/h1-8H,(H,17,18);1H. The number of rotatable bonds is 5. The maximum Gasteiger partial charge on any atom is 0.433 e. The van der Waals surface area contributed by atoms with E-state index in [1.165, 1.54) is 29.7 Å². The zero-order valence-electron chi connectivity index (χ0n) is 11.9. The summed E-state index contributed by atoms with van der Waals surface area (Å²) in [6, 6.07) is 10.1. The second-order valence-electron chi connectivity index (χ2n) is 4.35. The van der Waals surface area contributed by atoms with Crippen LogP contribution in [0, 0.1) is 10.1 Å². The lowest BCUT2D eigenvalue weighted by Crippen LogP contribution is -1.89. The van der Waals surface area contributed by atoms with Crippen LogP contribution >= 0.6 is 39.9 Å². The van der Waals surface area contributed by atoms with E-state index in [0.717, 1.165) is 11.3 Å². The van der Waals surface area contributed by atoms with Gasteiger partial charge in [-0.3, -0.25) is 15.5 Å². The molecular weight excluding hydrogens is 420 g/mol. The number of hydrogen-bond acceptors (Lipinski definition) is 7. The molecule has 3 aromatic rings. The van der Waals surface area contributed by atoms with Crippen LogP contribution < -0.4 is 5.43 Å². The Morgan fingerprint density at radius 2 is 2.04 bits per heavy atom. The second-order valence-corrected chi connectivity index (χ2v) is 5.64. The minimum absolute atomic E-state index is 0. The molecule has 0 bridgehead atoms. The van der Waals surface area contributed by atoms with Gasteiger partial charge in [-0.1, -0.05) is 23.7 Å². The van der Waals surface area contributed by atoms with E-state index in [1.807, 2.05) is 17.5 Å². The van der Waals surface area contributed by atoms with Gasteiger partial charge in [0.15, 0.2) is 5.76 Å². The quantitative estimate of drug-likeness (QED) is 0.350. The average molecular weight is 430 g/mol. The van der Waals surface area contributed by atoms with E-state index in [2.05, 4.69) is 15.5 Å². The minimum Gasteiger partial charge on any atom is -0.400 e. The number of furan rings is 1. The Hall–Kier alpha value is -2.23. The van der Waals surface area contributed by atoms with E-state index < -0.39 is 4.92 Å². The zero-order valence-corrected chi connectivity index (χ0v) is 15.2. The van der Waals surface area contributed by atoms with Crippen LogP contribution in [-0.4, -0.2) is 16.1 Å². The lowest BCUT2D eigenvalue weighted by Gasteiger charge is -1.96. The third-order valence-corrected chi connectivity index (χ3v) is 3.79. The second kappa shape index (κ2) is 8.04. The van der Waals surface area contributed by atoms with Crippen molar-refractivity contribution in [1.29, 1.82) is 0 Å². The molecule has 0 fully saturated rings. The highest BCUT2D eigenvalue weighted by Gasteiger charge is 2.10. The molecule has 0 aliphatic carbocycles. The van der Waals surface area contributed by atoms with Crippen molar-refractivity contribution in [3.05, 3.63) is 62.7 Å². The van der Waals surface area contributed by atoms with Gasteiger partial charge in [0, 0.05) is 16.0 Å². The smallest absolute Gasteiger partial charge is 0.400 e. The van der Waals surface area contributed by atoms with E-state index in [9.17, 15) is 10.1 Å². The highest BCUT2D eigenvalue weighted by molar-refractivity contribution is 8.93. The predicted molar refractivity (Wildman–Crippen MR) is 99.5 cm³/mol. The molecule has 0 atom stereocenters. The summed E-state index contributed by atoms with van der Waals surface area (Å²) < 4.78 is 4.95. The lowest BCUT2D eigenvalue weighted by molar-refractivity contribution is -0.402. The number of halogens is 2. The number of hydrogen-bond donors (Lipinski definition) is 1. The van der Waals surface area contributed by atoms with Gasteiger partial charge in [0.2, 0.25) is 5.13 Å². The largest absolute Gasteiger partial charge is 0.433 e. The van der Waals surface area contributed by atoms with E-state index in [4.69, 9.17) is 16.0 Å². The fourth-order valence-corrected chi connectivity index (χ4v) is 2.53. The van der Waals surface area contributed by atoms with Gasteiger partial charge in [-0.2, -0.15) is 5.10 Å². The fourth-order valence-electron chi connectivity index (χ4n) is 1.74. The van der Waals surface area contributed by atoms with Crippen LogP contribution in [-0.2, 0) is 0 Å². The van der Waals surface area contributed by atoms with Crippen LogP contribution in [0.2, 0.25) is 5.02 Å². The first-order chi connectivity index (χ1) is 11.1. The number of thiazole rings is 1. The Kier molecular flexibility index (Phi) is 6.07. The van der Waals surface area contributed by atoms with Gasteiger partial charge in [-0.15, -0.1) is 28.3 Å². The van der Waals surface area contributed by atoms with Crippen molar-refractivity contribution in [3.8, 4) is 11.3 Å². The third-order valence-electron chi connectivity index (χ3n) is 2.79. The van der Waals surface area contributed by atoms with Gasteiger partial charge >= 0.3 is 5.88 Å². The third kappa shape index (κ3) is 4.40. The summed E-state index contributed by atoms with van der Waals surface area (Å²) in [5.41, 5.74) is 4.51. The Labute approximate surface area is 155 Å². The molecule has 3 rings (SSSR count). The van der Waals surface area contributed by atoms with Gasteiger partial charge in [0.05, 0.1) is 18.0 Å². The predicted octanol–water partition coefficient (Wildman–Crippen LogP) is 4.99. The molecule has 0 radical (unpaired) electrons. The molecule has 0 aliphatic heterocycles. The molecule has 1 aromatic carbocycles. The zero-order chi connectivity index (χ0) is 16.2. The summed E-state index contributed by atoms with van der Waals surface area (Å²) in [4.78, 5) is 14.3. The molecule has 0 saturated heterocycles. The van der Waals surface area contributed by atoms with Crippen molar-refractivity contribution in [2.45, 2.75) is 0 Å². The van der Waals surface area contributed by atoms with Crippen LogP contribution in [0.5, 0.6) is 0 Å². The molecule has 7 nitrogen and oxygen atoms in total. The van der Waals surface area contributed by atoms with Gasteiger partial charge in [-0.05, 0) is 18.2 Å². The summed E-state index contributed by atoms with van der Waals surface area (Å²) in [5, 5.41) is 17.6. The van der Waals surface area contributed by atoms with Crippen LogP contribution in [0.3, 0.4) is 0 Å². The molecule has 0 aliphatic rings. The van der Waals surface area contributed by atoms with Crippen molar-refractivity contribution in [2.75, 3.05) is 5.43 Å². The summed E-state index contributed by atoms with van der Waals surface area (Å²) in [6.45, 7) is 0. The van der Waals surface area contributed by atoms with Gasteiger partial charge < -0.3 is 4.42 Å². The lowest BCUT2D eigenvalue weighted by atomic mass is 10.2. The Balaban J connectivity index is 0.00000208. The van der Waals surface area contributed by atoms with Gasteiger partial charge in [-0.25, -0.2) is 4.98 Å². The molecule has 0 amide bonds. The number of nitrogens with one attached hydrogen (secondary N) is 1. The van der Waals surface area contributed by atoms with E-state index in [-0.39, 0.29) is 28.6 Å². The number of hydrazone groups is 1. The van der Waals surface area contributed by atoms with Gasteiger partial charge in [0.1, 0.15) is 4.92 Å². The normalized spacial score (nSPS) is 10.5. The summed E-state index contributed by atoms with van der Waals surface area (Å²) >= 11 is 7.24. The first-order valence-corrected chi connectivity index (χ1v) is 7.62. The molecule has 2 heterocycles. The minimum atomic E-state index is -0.607. The topological polar surface area (TPSA) is 93.6 Å².